The van der Waals surface area contributed by atoms with Crippen molar-refractivity contribution in [3.8, 4) is 23.0 Å². The predicted molar refractivity (Wildman–Crippen MR) is 201 cm³/mol. The highest BCUT2D eigenvalue weighted by Gasteiger charge is 2.35. The zero-order valence-corrected chi connectivity index (χ0v) is 33.9. The molecule has 56 heavy (non-hydrogen) atoms. The molecule has 298 valence electrons. The van der Waals surface area contributed by atoms with Crippen molar-refractivity contribution in [1.82, 2.24) is 0 Å². The van der Waals surface area contributed by atoms with E-state index in [1.165, 1.54) is 59.9 Å². The second-order valence-corrected chi connectivity index (χ2v) is 14.4. The number of ketones is 1. The first-order valence-electron chi connectivity index (χ1n) is 17.1. The molecule has 0 bridgehead atoms. The molecule has 1 aliphatic rings. The van der Waals surface area contributed by atoms with Crippen molar-refractivity contribution in [2.45, 2.75) is 81.3 Å². The van der Waals surface area contributed by atoms with E-state index in [1.807, 2.05) is 0 Å². The van der Waals surface area contributed by atoms with E-state index in [0.717, 1.165) is 0 Å². The number of aromatic carboxylic acids is 1. The van der Waals surface area contributed by atoms with Crippen LogP contribution >= 0.6 is 15.9 Å². The Hall–Kier alpha value is -5.44. The molecule has 4 rings (SSSR count). The molecule has 0 aliphatic heterocycles. The van der Waals surface area contributed by atoms with Crippen LogP contribution in [0.1, 0.15) is 94.5 Å². The van der Waals surface area contributed by atoms with E-state index in [0.29, 0.717) is 22.3 Å². The number of carboxylic acids is 1. The van der Waals surface area contributed by atoms with Crippen LogP contribution in [0.4, 0.5) is 13.2 Å². The monoisotopic (exact) mass is 844 g/mol. The summed E-state index contributed by atoms with van der Waals surface area (Å²) in [5.41, 5.74) is 1.89. The van der Waals surface area contributed by atoms with Crippen LogP contribution < -0.4 is 14.2 Å². The van der Waals surface area contributed by atoms with Crippen molar-refractivity contribution < 1.29 is 66.3 Å². The standard InChI is InChI=1S/C41H40BrF3O11/c1-16-13-25(46)15-28(53-10)30(16)39(51)56-36-23(8)21(6)32(34(47)33(36)42)40(52)54-27-14-17(2)29(19(4)18(27)3)38(50)55-35-22(7)20(5)31(37(48)49)24(9)26(35)11-12-41(43,44)45/h13-15,30,47H,11-12H2,1-10H3,(H,48,49). The maximum atomic E-state index is 13.8. The average Bonchev–Trinajstić information content (AvgIpc) is 3.09. The molecular weight excluding hydrogens is 805 g/mol. The summed E-state index contributed by atoms with van der Waals surface area (Å²) in [5, 5.41) is 21.0. The zero-order valence-electron chi connectivity index (χ0n) is 32.3. The molecule has 0 radical (unpaired) electrons. The zero-order chi connectivity index (χ0) is 42.3. The van der Waals surface area contributed by atoms with Crippen LogP contribution in [0.15, 0.2) is 34.0 Å². The largest absolute Gasteiger partial charge is 0.506 e. The fourth-order valence-corrected chi connectivity index (χ4v) is 7.27. The maximum absolute atomic E-state index is 13.8. The van der Waals surface area contributed by atoms with E-state index in [9.17, 15) is 47.4 Å². The van der Waals surface area contributed by atoms with Gasteiger partial charge in [-0.05, 0) is 152 Å². The van der Waals surface area contributed by atoms with E-state index in [4.69, 9.17) is 18.9 Å². The second-order valence-electron chi connectivity index (χ2n) is 13.6. The summed E-state index contributed by atoms with van der Waals surface area (Å²) < 4.78 is 62.2. The first-order valence-corrected chi connectivity index (χ1v) is 17.9. The number of benzene rings is 3. The van der Waals surface area contributed by atoms with Crippen molar-refractivity contribution in [1.29, 1.82) is 0 Å². The molecule has 1 unspecified atom stereocenters. The lowest BCUT2D eigenvalue weighted by Crippen LogP contribution is -2.28. The van der Waals surface area contributed by atoms with Crippen LogP contribution in [-0.4, -0.2) is 53.2 Å². The molecule has 0 saturated heterocycles. The van der Waals surface area contributed by atoms with E-state index >= 15 is 0 Å². The summed E-state index contributed by atoms with van der Waals surface area (Å²) in [6.45, 7) is 13.6. The van der Waals surface area contributed by atoms with Gasteiger partial charge in [-0.2, -0.15) is 13.2 Å². The second kappa shape index (κ2) is 16.3. The number of carbonyl (C=O) groups is 5. The number of allylic oxidation sites excluding steroid dienone is 2. The van der Waals surface area contributed by atoms with Gasteiger partial charge < -0.3 is 29.2 Å². The minimum absolute atomic E-state index is 0.0252. The highest BCUT2D eigenvalue weighted by Crippen LogP contribution is 2.44. The molecular formula is C41H40BrF3O11. The van der Waals surface area contributed by atoms with Gasteiger partial charge in [-0.25, -0.2) is 14.4 Å². The number of hydrogen-bond acceptors (Lipinski definition) is 10. The highest BCUT2D eigenvalue weighted by atomic mass is 79.9. The van der Waals surface area contributed by atoms with Gasteiger partial charge in [-0.15, -0.1) is 0 Å². The lowest BCUT2D eigenvalue weighted by Gasteiger charge is -2.23. The molecule has 2 N–H and O–H groups in total. The van der Waals surface area contributed by atoms with Gasteiger partial charge >= 0.3 is 30.1 Å². The van der Waals surface area contributed by atoms with Gasteiger partial charge in [0.25, 0.3) is 0 Å². The molecule has 3 aromatic carbocycles. The van der Waals surface area contributed by atoms with Crippen LogP contribution in [0.25, 0.3) is 0 Å². The number of carbonyl (C=O) groups excluding carboxylic acids is 4. The topological polar surface area (TPSA) is 163 Å². The number of alkyl halides is 3. The van der Waals surface area contributed by atoms with E-state index in [-0.39, 0.29) is 83.3 Å². The minimum Gasteiger partial charge on any atom is -0.506 e. The Morgan fingerprint density at radius 3 is 1.88 bits per heavy atom. The Balaban J connectivity index is 1.67. The average molecular weight is 846 g/mol. The van der Waals surface area contributed by atoms with Crippen molar-refractivity contribution in [2.75, 3.05) is 7.11 Å². The Morgan fingerprint density at radius 1 is 0.750 bits per heavy atom. The van der Waals surface area contributed by atoms with E-state index in [2.05, 4.69) is 15.9 Å². The van der Waals surface area contributed by atoms with Gasteiger partial charge in [0.15, 0.2) is 11.5 Å². The van der Waals surface area contributed by atoms with Gasteiger partial charge in [0.05, 0.1) is 18.2 Å². The van der Waals surface area contributed by atoms with Gasteiger partial charge in [0.2, 0.25) is 0 Å². The summed E-state index contributed by atoms with van der Waals surface area (Å²) >= 11 is 3.23. The summed E-state index contributed by atoms with van der Waals surface area (Å²) in [5.74, 6) is -6.13. The SMILES string of the molecule is COC1=CC(=O)C=C(C)C1C(=O)Oc1c(C)c(C)c(C(=O)Oc2cc(C)c(C(=O)Oc3c(C)c(C)c(C(=O)O)c(C)c3CCC(F)(F)F)c(C)c2C)c(O)c1Br. The van der Waals surface area contributed by atoms with Crippen molar-refractivity contribution in [3.63, 3.8) is 0 Å². The number of phenols is 1. The van der Waals surface area contributed by atoms with Crippen LogP contribution in [0.3, 0.4) is 0 Å². The number of carboxylic acid groups (broad SMARTS) is 1. The summed E-state index contributed by atoms with van der Waals surface area (Å²) in [6, 6.07) is 1.40. The van der Waals surface area contributed by atoms with Crippen LogP contribution in [0.5, 0.6) is 23.0 Å². The molecule has 0 spiro atoms. The van der Waals surface area contributed by atoms with Gasteiger partial charge in [0.1, 0.15) is 39.0 Å². The first-order chi connectivity index (χ1) is 25.9. The third-order valence-corrected chi connectivity index (χ3v) is 10.8. The maximum Gasteiger partial charge on any atom is 0.389 e. The first kappa shape index (κ1) is 43.3. The van der Waals surface area contributed by atoms with Gasteiger partial charge in [-0.3, -0.25) is 9.59 Å². The number of phenolic OH excluding ortho intramolecular Hbond substituents is 1. The number of rotatable bonds is 10. The van der Waals surface area contributed by atoms with Crippen molar-refractivity contribution in [2.24, 2.45) is 5.92 Å². The fourth-order valence-electron chi connectivity index (χ4n) is 6.70. The predicted octanol–water partition coefficient (Wildman–Crippen LogP) is 8.83. The summed E-state index contributed by atoms with van der Waals surface area (Å²) in [4.78, 5) is 64.8. The van der Waals surface area contributed by atoms with Crippen molar-refractivity contribution in [3.05, 3.63) is 101 Å². The molecule has 11 nitrogen and oxygen atoms in total. The molecule has 0 saturated carbocycles. The molecule has 3 aromatic rings. The minimum atomic E-state index is -4.56. The molecule has 1 aliphatic carbocycles. The molecule has 0 aromatic heterocycles. The molecule has 0 amide bonds. The van der Waals surface area contributed by atoms with Crippen LogP contribution in [-0.2, 0) is 20.7 Å². The molecule has 1 atom stereocenters. The van der Waals surface area contributed by atoms with Crippen LogP contribution in [0.2, 0.25) is 0 Å². The van der Waals surface area contributed by atoms with E-state index in [1.54, 1.807) is 27.7 Å². The number of halogens is 4. The quantitative estimate of drug-likeness (QED) is 0.148. The summed E-state index contributed by atoms with van der Waals surface area (Å²) in [6.07, 6.45) is -4.01. The molecule has 0 fully saturated rings. The normalized spacial score (nSPS) is 14.2. The number of ether oxygens (including phenoxy) is 4. The highest BCUT2D eigenvalue weighted by molar-refractivity contribution is 9.10. The third kappa shape index (κ3) is 8.37. The number of aryl methyl sites for hydroxylation is 1. The Labute approximate surface area is 329 Å². The lowest BCUT2D eigenvalue weighted by molar-refractivity contribution is -0.137. The number of esters is 3. The smallest absolute Gasteiger partial charge is 0.389 e. The molecule has 0 heterocycles. The van der Waals surface area contributed by atoms with Crippen LogP contribution in [0, 0.1) is 61.3 Å². The number of hydrogen-bond donors (Lipinski definition) is 2. The number of methoxy groups -OCH3 is 1. The van der Waals surface area contributed by atoms with Gasteiger partial charge in [0, 0.05) is 12.5 Å². The van der Waals surface area contributed by atoms with Gasteiger partial charge in [-0.1, -0.05) is 0 Å². The Morgan fingerprint density at radius 2 is 1.30 bits per heavy atom. The Kier molecular flexibility index (Phi) is 12.6. The van der Waals surface area contributed by atoms with Crippen molar-refractivity contribution >= 4 is 45.6 Å². The Bertz CT molecular complexity index is 2250. The lowest BCUT2D eigenvalue weighted by atomic mass is 9.90. The molecule has 15 heteroatoms. The van der Waals surface area contributed by atoms with E-state index < -0.39 is 54.6 Å². The number of aromatic hydroxyl groups is 1. The summed E-state index contributed by atoms with van der Waals surface area (Å²) in [7, 11) is 1.31. The third-order valence-electron chi connectivity index (χ3n) is 10.1. The fraction of sp³-hybridized carbons (Fsp3) is 0.341.